The average molecular weight is 390 g/mol. The van der Waals surface area contributed by atoms with Crippen LogP contribution in [0.4, 0.5) is 0 Å². The molecule has 0 N–H and O–H groups in total. The Morgan fingerprint density at radius 3 is 1.33 bits per heavy atom. The van der Waals surface area contributed by atoms with E-state index < -0.39 is 9.84 Å². The summed E-state index contributed by atoms with van der Waals surface area (Å²) < 4.78 is 34.4. The van der Waals surface area contributed by atoms with Crippen molar-refractivity contribution in [3.05, 3.63) is 59.7 Å². The molecule has 0 amide bonds. The summed E-state index contributed by atoms with van der Waals surface area (Å²) in [6, 6.07) is 13.0. The van der Waals surface area contributed by atoms with Crippen LogP contribution < -0.4 is 9.47 Å². The minimum atomic E-state index is -3.50. The Morgan fingerprint density at radius 1 is 0.704 bits per heavy atom. The fourth-order valence-corrected chi connectivity index (χ4v) is 3.64. The summed E-state index contributed by atoms with van der Waals surface area (Å²) in [7, 11) is -0.456. The fourth-order valence-electron chi connectivity index (χ4n) is 2.44. The number of Topliss-reactive ketones (excluding diaryl/α,β-unsaturated/α-hetero) is 2. The van der Waals surface area contributed by atoms with Gasteiger partial charge in [-0.3, -0.25) is 9.59 Å². The van der Waals surface area contributed by atoms with Gasteiger partial charge in [-0.2, -0.15) is 0 Å². The number of ketones is 2. The molecule has 0 unspecified atom stereocenters. The SMILES string of the molecule is COc1ccc(C(=O)CCS(=O)(=O)CCC(=O)c2ccc(OC)cc2)cc1. The molecular formula is C20H22O6S. The Kier molecular flexibility index (Phi) is 7.12. The van der Waals surface area contributed by atoms with Gasteiger partial charge in [0.25, 0.3) is 0 Å². The van der Waals surface area contributed by atoms with E-state index in [-0.39, 0.29) is 35.9 Å². The lowest BCUT2D eigenvalue weighted by atomic mass is 10.1. The molecule has 7 heteroatoms. The molecule has 0 aliphatic heterocycles. The Labute approximate surface area is 159 Å². The van der Waals surface area contributed by atoms with Crippen LogP contribution in [-0.2, 0) is 9.84 Å². The van der Waals surface area contributed by atoms with E-state index in [0.717, 1.165) is 0 Å². The van der Waals surface area contributed by atoms with E-state index in [1.807, 2.05) is 0 Å². The van der Waals surface area contributed by atoms with E-state index in [1.54, 1.807) is 48.5 Å². The largest absolute Gasteiger partial charge is 0.497 e. The van der Waals surface area contributed by atoms with E-state index in [9.17, 15) is 18.0 Å². The van der Waals surface area contributed by atoms with E-state index >= 15 is 0 Å². The smallest absolute Gasteiger partial charge is 0.163 e. The first-order valence-corrected chi connectivity index (χ1v) is 10.2. The molecule has 2 aromatic rings. The van der Waals surface area contributed by atoms with Crippen molar-refractivity contribution in [2.75, 3.05) is 25.7 Å². The van der Waals surface area contributed by atoms with Gasteiger partial charge in [0.2, 0.25) is 0 Å². The van der Waals surface area contributed by atoms with Crippen LogP contribution in [0, 0.1) is 0 Å². The van der Waals surface area contributed by atoms with Gasteiger partial charge in [0, 0.05) is 24.0 Å². The summed E-state index contributed by atoms with van der Waals surface area (Å²) in [6.07, 6.45) is -0.239. The maximum absolute atomic E-state index is 12.2. The number of carbonyl (C=O) groups is 2. The Bertz CT molecular complexity index is 814. The number of rotatable bonds is 10. The highest BCUT2D eigenvalue weighted by molar-refractivity contribution is 7.91. The number of hydrogen-bond donors (Lipinski definition) is 0. The third-order valence-corrected chi connectivity index (χ3v) is 5.76. The minimum Gasteiger partial charge on any atom is -0.497 e. The molecule has 2 aromatic carbocycles. The number of sulfone groups is 1. The second-order valence-corrected chi connectivity index (χ2v) is 8.26. The molecule has 0 saturated heterocycles. The molecule has 0 aliphatic carbocycles. The van der Waals surface area contributed by atoms with Crippen LogP contribution in [0.3, 0.4) is 0 Å². The van der Waals surface area contributed by atoms with Gasteiger partial charge < -0.3 is 9.47 Å². The summed E-state index contributed by atoms with van der Waals surface area (Å²) in [4.78, 5) is 24.3. The van der Waals surface area contributed by atoms with Crippen molar-refractivity contribution in [3.63, 3.8) is 0 Å². The molecule has 0 aromatic heterocycles. The van der Waals surface area contributed by atoms with Crippen LogP contribution in [0.25, 0.3) is 0 Å². The molecule has 2 rings (SSSR count). The summed E-state index contributed by atoms with van der Waals surface area (Å²) in [5, 5.41) is 0. The predicted octanol–water partition coefficient (Wildman–Crippen LogP) is 2.96. The zero-order valence-corrected chi connectivity index (χ0v) is 16.1. The fraction of sp³-hybridized carbons (Fsp3) is 0.300. The highest BCUT2D eigenvalue weighted by atomic mass is 32.2. The summed E-state index contributed by atoms with van der Waals surface area (Å²) in [6.45, 7) is 0. The van der Waals surface area contributed by atoms with Crippen molar-refractivity contribution in [1.82, 2.24) is 0 Å². The molecular weight excluding hydrogens is 368 g/mol. The Morgan fingerprint density at radius 2 is 1.04 bits per heavy atom. The number of carbonyl (C=O) groups excluding carboxylic acids is 2. The monoisotopic (exact) mass is 390 g/mol. The molecule has 0 fully saturated rings. The Hall–Kier alpha value is -2.67. The van der Waals surface area contributed by atoms with E-state index in [0.29, 0.717) is 22.6 Å². The maximum atomic E-state index is 12.2. The first-order chi connectivity index (χ1) is 12.8. The molecule has 144 valence electrons. The van der Waals surface area contributed by atoms with Gasteiger partial charge in [-0.15, -0.1) is 0 Å². The summed E-state index contributed by atoms with van der Waals surface area (Å²) >= 11 is 0. The second kappa shape index (κ2) is 9.32. The van der Waals surface area contributed by atoms with E-state index in [1.165, 1.54) is 14.2 Å². The standard InChI is InChI=1S/C20H22O6S/c1-25-17-7-3-15(4-8-17)19(21)11-13-27(23,24)14-12-20(22)16-5-9-18(26-2)10-6-16/h3-10H,11-14H2,1-2H3. The van der Waals surface area contributed by atoms with Gasteiger partial charge in [-0.25, -0.2) is 8.42 Å². The molecule has 0 bridgehead atoms. The predicted molar refractivity (Wildman–Crippen MR) is 103 cm³/mol. The maximum Gasteiger partial charge on any atom is 0.163 e. The quantitative estimate of drug-likeness (QED) is 0.580. The van der Waals surface area contributed by atoms with Crippen molar-refractivity contribution >= 4 is 21.4 Å². The number of benzene rings is 2. The zero-order valence-electron chi connectivity index (χ0n) is 15.3. The van der Waals surface area contributed by atoms with Crippen molar-refractivity contribution in [2.45, 2.75) is 12.8 Å². The number of methoxy groups -OCH3 is 2. The van der Waals surface area contributed by atoms with Crippen molar-refractivity contribution in [1.29, 1.82) is 0 Å². The Balaban J connectivity index is 1.86. The lowest BCUT2D eigenvalue weighted by Gasteiger charge is -2.06. The summed E-state index contributed by atoms with van der Waals surface area (Å²) in [5.41, 5.74) is 0.862. The third-order valence-electron chi connectivity index (χ3n) is 4.10. The normalized spacial score (nSPS) is 11.0. The average Bonchev–Trinajstić information content (AvgIpc) is 2.70. The van der Waals surface area contributed by atoms with Crippen molar-refractivity contribution in [2.24, 2.45) is 0 Å². The molecule has 27 heavy (non-hydrogen) atoms. The van der Waals surface area contributed by atoms with Crippen LogP contribution >= 0.6 is 0 Å². The van der Waals surface area contributed by atoms with Crippen molar-refractivity contribution < 1.29 is 27.5 Å². The van der Waals surface area contributed by atoms with Crippen LogP contribution in [0.1, 0.15) is 33.6 Å². The van der Waals surface area contributed by atoms with Crippen LogP contribution in [-0.4, -0.2) is 45.7 Å². The molecule has 0 atom stereocenters. The first-order valence-electron chi connectivity index (χ1n) is 8.39. The van der Waals surface area contributed by atoms with E-state index in [2.05, 4.69) is 0 Å². The molecule has 0 heterocycles. The lowest BCUT2D eigenvalue weighted by Crippen LogP contribution is -2.17. The highest BCUT2D eigenvalue weighted by Gasteiger charge is 2.17. The second-order valence-electron chi connectivity index (χ2n) is 5.96. The molecule has 0 radical (unpaired) electrons. The molecule has 0 spiro atoms. The minimum absolute atomic E-state index is 0.120. The topological polar surface area (TPSA) is 86.7 Å². The van der Waals surface area contributed by atoms with Gasteiger partial charge in [0.1, 0.15) is 11.5 Å². The first kappa shape index (κ1) is 20.6. The van der Waals surface area contributed by atoms with Gasteiger partial charge in [-0.05, 0) is 48.5 Å². The zero-order chi connectivity index (χ0) is 19.9. The number of hydrogen-bond acceptors (Lipinski definition) is 6. The lowest BCUT2D eigenvalue weighted by molar-refractivity contribution is 0.0983. The molecule has 0 aliphatic rings. The number of ether oxygens (including phenoxy) is 2. The molecule has 0 saturated carbocycles. The van der Waals surface area contributed by atoms with Crippen LogP contribution in [0.5, 0.6) is 11.5 Å². The third kappa shape index (κ3) is 6.21. The van der Waals surface area contributed by atoms with E-state index in [4.69, 9.17) is 9.47 Å². The van der Waals surface area contributed by atoms with Gasteiger partial charge in [0.05, 0.1) is 25.7 Å². The van der Waals surface area contributed by atoms with Gasteiger partial charge in [-0.1, -0.05) is 0 Å². The van der Waals surface area contributed by atoms with Gasteiger partial charge >= 0.3 is 0 Å². The molecule has 6 nitrogen and oxygen atoms in total. The van der Waals surface area contributed by atoms with Crippen LogP contribution in [0.2, 0.25) is 0 Å². The highest BCUT2D eigenvalue weighted by Crippen LogP contribution is 2.15. The summed E-state index contributed by atoms with van der Waals surface area (Å²) in [5.74, 6) is 0.152. The van der Waals surface area contributed by atoms with Crippen LogP contribution in [0.15, 0.2) is 48.5 Å². The van der Waals surface area contributed by atoms with Crippen molar-refractivity contribution in [3.8, 4) is 11.5 Å². The van der Waals surface area contributed by atoms with Gasteiger partial charge in [0.15, 0.2) is 21.4 Å².